The Labute approximate surface area is 109 Å². The van der Waals surface area contributed by atoms with Crippen molar-refractivity contribution in [3.8, 4) is 0 Å². The number of nitrogens with zero attached hydrogens (tertiary/aromatic N) is 2. The number of aryl methyl sites for hydroxylation is 1. The second-order valence-corrected chi connectivity index (χ2v) is 5.19. The van der Waals surface area contributed by atoms with Gasteiger partial charge in [0.1, 0.15) is 0 Å². The summed E-state index contributed by atoms with van der Waals surface area (Å²) in [5.74, 6) is 0.896. The second-order valence-electron chi connectivity index (χ2n) is 5.19. The lowest BCUT2D eigenvalue weighted by Gasteiger charge is -2.16. The summed E-state index contributed by atoms with van der Waals surface area (Å²) in [6, 6.07) is 1.90. The van der Waals surface area contributed by atoms with Crippen LogP contribution in [0, 0.1) is 11.8 Å². The standard InChI is InChI=1S/C13H24N4O/c1-10(2)6-11(8-14)7-13(18)15-9-12-4-5-17(3)16-12/h4-5,10-11H,6-9,14H2,1-3H3,(H,15,18). The van der Waals surface area contributed by atoms with Gasteiger partial charge in [0, 0.05) is 19.7 Å². The Bertz CT molecular complexity index is 373. The lowest BCUT2D eigenvalue weighted by molar-refractivity contribution is -0.122. The molecule has 0 aromatic carbocycles. The minimum Gasteiger partial charge on any atom is -0.350 e. The van der Waals surface area contributed by atoms with Gasteiger partial charge < -0.3 is 11.1 Å². The molecule has 5 heteroatoms. The van der Waals surface area contributed by atoms with E-state index in [1.54, 1.807) is 4.68 Å². The zero-order valence-electron chi connectivity index (χ0n) is 11.5. The number of nitrogens with one attached hydrogen (secondary N) is 1. The maximum absolute atomic E-state index is 11.8. The monoisotopic (exact) mass is 252 g/mol. The summed E-state index contributed by atoms with van der Waals surface area (Å²) in [5.41, 5.74) is 6.56. The first-order valence-corrected chi connectivity index (χ1v) is 6.46. The predicted octanol–water partition coefficient (Wildman–Crippen LogP) is 1.05. The smallest absolute Gasteiger partial charge is 0.220 e. The number of rotatable bonds is 7. The van der Waals surface area contributed by atoms with Crippen LogP contribution in [-0.2, 0) is 18.4 Å². The Balaban J connectivity index is 2.32. The normalized spacial score (nSPS) is 12.7. The SMILES string of the molecule is CC(C)CC(CN)CC(=O)NCc1ccn(C)n1. The minimum atomic E-state index is 0.0525. The van der Waals surface area contributed by atoms with E-state index in [9.17, 15) is 4.79 Å². The largest absolute Gasteiger partial charge is 0.350 e. The Morgan fingerprint density at radius 2 is 2.28 bits per heavy atom. The van der Waals surface area contributed by atoms with E-state index >= 15 is 0 Å². The molecule has 0 spiro atoms. The molecule has 0 bridgehead atoms. The number of aromatic nitrogens is 2. The molecule has 5 nitrogen and oxygen atoms in total. The first-order valence-electron chi connectivity index (χ1n) is 6.46. The van der Waals surface area contributed by atoms with Crippen LogP contribution in [0.25, 0.3) is 0 Å². The fourth-order valence-electron chi connectivity index (χ4n) is 2.01. The van der Waals surface area contributed by atoms with Crippen molar-refractivity contribution >= 4 is 5.91 Å². The van der Waals surface area contributed by atoms with Crippen molar-refractivity contribution < 1.29 is 4.79 Å². The summed E-state index contributed by atoms with van der Waals surface area (Å²) >= 11 is 0. The molecule has 0 radical (unpaired) electrons. The van der Waals surface area contributed by atoms with Crippen LogP contribution in [-0.4, -0.2) is 22.2 Å². The molecule has 0 aliphatic heterocycles. The van der Waals surface area contributed by atoms with Gasteiger partial charge in [-0.3, -0.25) is 9.48 Å². The number of carbonyl (C=O) groups excluding carboxylic acids is 1. The van der Waals surface area contributed by atoms with Crippen molar-refractivity contribution in [3.63, 3.8) is 0 Å². The molecular formula is C13H24N4O. The summed E-state index contributed by atoms with van der Waals surface area (Å²) in [4.78, 5) is 11.8. The summed E-state index contributed by atoms with van der Waals surface area (Å²) in [5, 5.41) is 7.09. The van der Waals surface area contributed by atoms with E-state index in [1.807, 2.05) is 19.3 Å². The van der Waals surface area contributed by atoms with E-state index in [1.165, 1.54) is 0 Å². The average molecular weight is 252 g/mol. The van der Waals surface area contributed by atoms with E-state index in [-0.39, 0.29) is 11.8 Å². The van der Waals surface area contributed by atoms with Crippen molar-refractivity contribution in [2.75, 3.05) is 6.54 Å². The Morgan fingerprint density at radius 3 is 2.78 bits per heavy atom. The molecule has 1 aromatic heterocycles. The van der Waals surface area contributed by atoms with Gasteiger partial charge in [0.25, 0.3) is 0 Å². The number of amides is 1. The third kappa shape index (κ3) is 5.31. The molecule has 0 saturated carbocycles. The van der Waals surface area contributed by atoms with Gasteiger partial charge >= 0.3 is 0 Å². The topological polar surface area (TPSA) is 72.9 Å². The summed E-state index contributed by atoms with van der Waals surface area (Å²) in [7, 11) is 1.86. The molecule has 0 aliphatic carbocycles. The Kier molecular flexibility index (Phi) is 5.85. The third-order valence-electron chi connectivity index (χ3n) is 2.85. The van der Waals surface area contributed by atoms with E-state index in [0.29, 0.717) is 25.4 Å². The van der Waals surface area contributed by atoms with E-state index in [4.69, 9.17) is 5.73 Å². The Hall–Kier alpha value is -1.36. The van der Waals surface area contributed by atoms with Crippen molar-refractivity contribution in [3.05, 3.63) is 18.0 Å². The maximum atomic E-state index is 11.8. The van der Waals surface area contributed by atoms with Gasteiger partial charge in [0.15, 0.2) is 0 Å². The summed E-state index contributed by atoms with van der Waals surface area (Å²) in [6.07, 6.45) is 3.36. The van der Waals surface area contributed by atoms with E-state index < -0.39 is 0 Å². The van der Waals surface area contributed by atoms with Crippen LogP contribution in [0.4, 0.5) is 0 Å². The van der Waals surface area contributed by atoms with Crippen LogP contribution >= 0.6 is 0 Å². The summed E-state index contributed by atoms with van der Waals surface area (Å²) in [6.45, 7) is 5.34. The first-order chi connectivity index (χ1) is 8.51. The molecule has 1 unspecified atom stereocenters. The highest BCUT2D eigenvalue weighted by molar-refractivity contribution is 5.76. The molecule has 0 fully saturated rings. The third-order valence-corrected chi connectivity index (χ3v) is 2.85. The molecule has 0 aliphatic rings. The lowest BCUT2D eigenvalue weighted by atomic mass is 9.94. The van der Waals surface area contributed by atoms with Crippen molar-refractivity contribution in [1.29, 1.82) is 0 Å². The molecule has 1 amide bonds. The molecule has 1 rings (SSSR count). The zero-order valence-corrected chi connectivity index (χ0v) is 11.5. The van der Waals surface area contributed by atoms with Crippen LogP contribution < -0.4 is 11.1 Å². The van der Waals surface area contributed by atoms with Crippen LogP contribution in [0.3, 0.4) is 0 Å². The van der Waals surface area contributed by atoms with Crippen LogP contribution in [0.1, 0.15) is 32.4 Å². The Morgan fingerprint density at radius 1 is 1.56 bits per heavy atom. The molecule has 1 aromatic rings. The highest BCUT2D eigenvalue weighted by Gasteiger charge is 2.14. The van der Waals surface area contributed by atoms with Crippen molar-refractivity contribution in [1.82, 2.24) is 15.1 Å². The highest BCUT2D eigenvalue weighted by atomic mass is 16.1. The number of hydrogen-bond acceptors (Lipinski definition) is 3. The zero-order chi connectivity index (χ0) is 13.5. The van der Waals surface area contributed by atoms with Gasteiger partial charge in [-0.1, -0.05) is 13.8 Å². The van der Waals surface area contributed by atoms with Crippen molar-refractivity contribution in [2.45, 2.75) is 33.2 Å². The van der Waals surface area contributed by atoms with Crippen LogP contribution in [0.2, 0.25) is 0 Å². The maximum Gasteiger partial charge on any atom is 0.220 e. The minimum absolute atomic E-state index is 0.0525. The first kappa shape index (κ1) is 14.7. The second kappa shape index (κ2) is 7.16. The lowest BCUT2D eigenvalue weighted by Crippen LogP contribution is -2.28. The van der Waals surface area contributed by atoms with Crippen molar-refractivity contribution in [2.24, 2.45) is 24.6 Å². The number of carbonyl (C=O) groups is 1. The molecule has 102 valence electrons. The number of nitrogens with two attached hydrogens (primary N) is 1. The average Bonchev–Trinajstić information content (AvgIpc) is 2.71. The fraction of sp³-hybridized carbons (Fsp3) is 0.692. The molecular weight excluding hydrogens is 228 g/mol. The molecule has 18 heavy (non-hydrogen) atoms. The molecule has 1 atom stereocenters. The van der Waals surface area contributed by atoms with Gasteiger partial charge in [-0.15, -0.1) is 0 Å². The predicted molar refractivity (Wildman–Crippen MR) is 71.7 cm³/mol. The highest BCUT2D eigenvalue weighted by Crippen LogP contribution is 2.14. The van der Waals surface area contributed by atoms with Gasteiger partial charge in [0.2, 0.25) is 5.91 Å². The van der Waals surface area contributed by atoms with Crippen LogP contribution in [0.5, 0.6) is 0 Å². The summed E-state index contributed by atoms with van der Waals surface area (Å²) < 4.78 is 1.73. The van der Waals surface area contributed by atoms with Gasteiger partial charge in [-0.05, 0) is 30.9 Å². The van der Waals surface area contributed by atoms with E-state index in [2.05, 4.69) is 24.3 Å². The molecule has 0 saturated heterocycles. The van der Waals surface area contributed by atoms with Gasteiger partial charge in [-0.25, -0.2) is 0 Å². The van der Waals surface area contributed by atoms with Gasteiger partial charge in [-0.2, -0.15) is 5.10 Å². The quantitative estimate of drug-likeness (QED) is 0.761. The van der Waals surface area contributed by atoms with Gasteiger partial charge in [0.05, 0.1) is 12.2 Å². The molecule has 1 heterocycles. The fourth-order valence-corrected chi connectivity index (χ4v) is 2.01. The van der Waals surface area contributed by atoms with E-state index in [0.717, 1.165) is 12.1 Å². The number of hydrogen-bond donors (Lipinski definition) is 2. The molecule has 3 N–H and O–H groups in total. The van der Waals surface area contributed by atoms with Crippen LogP contribution in [0.15, 0.2) is 12.3 Å².